The topological polar surface area (TPSA) is 12.0 Å². The smallest absolute Gasteiger partial charge is 0.126 e. The average Bonchev–Trinajstić information content (AvgIpc) is 2.22. The first-order chi connectivity index (χ1) is 8.43. The number of rotatable bonds is 7. The molecule has 0 fully saturated rings. The molecule has 0 spiro atoms. The minimum Gasteiger partial charge on any atom is -0.317 e. The zero-order valence-corrected chi connectivity index (χ0v) is 11.5. The molecule has 1 aromatic carbocycles. The predicted octanol–water partition coefficient (Wildman–Crippen LogP) is 3.92. The first-order valence-corrected chi connectivity index (χ1v) is 6.58. The Balaban J connectivity index is 2.53. The van der Waals surface area contributed by atoms with Crippen LogP contribution in [-0.4, -0.2) is 13.1 Å². The van der Waals surface area contributed by atoms with Crippen molar-refractivity contribution in [1.82, 2.24) is 5.32 Å². The molecule has 0 aliphatic carbocycles. The van der Waals surface area contributed by atoms with Crippen LogP contribution in [0.1, 0.15) is 39.2 Å². The molecule has 0 aliphatic rings. The maximum atomic E-state index is 13.1. The van der Waals surface area contributed by atoms with E-state index in [0.717, 1.165) is 37.6 Å². The summed E-state index contributed by atoms with van der Waals surface area (Å²) in [5, 5.41) is 3.35. The van der Waals surface area contributed by atoms with E-state index in [4.69, 9.17) is 0 Å². The zero-order valence-electron chi connectivity index (χ0n) is 11.5. The molecular weight excluding hydrogens is 232 g/mol. The summed E-state index contributed by atoms with van der Waals surface area (Å²) < 4.78 is 26.2. The van der Waals surface area contributed by atoms with Gasteiger partial charge in [-0.1, -0.05) is 20.8 Å². The highest BCUT2D eigenvalue weighted by Gasteiger charge is 2.18. The van der Waals surface area contributed by atoms with Gasteiger partial charge in [-0.05, 0) is 55.5 Å². The van der Waals surface area contributed by atoms with E-state index in [1.165, 1.54) is 12.1 Å². The lowest BCUT2D eigenvalue weighted by Crippen LogP contribution is -2.24. The van der Waals surface area contributed by atoms with Gasteiger partial charge in [0, 0.05) is 6.07 Å². The summed E-state index contributed by atoms with van der Waals surface area (Å²) in [6, 6.07) is 3.76. The molecule has 0 bridgehead atoms. The fourth-order valence-electron chi connectivity index (χ4n) is 2.08. The van der Waals surface area contributed by atoms with E-state index in [0.29, 0.717) is 6.42 Å². The number of benzene rings is 1. The van der Waals surface area contributed by atoms with Crippen molar-refractivity contribution in [1.29, 1.82) is 0 Å². The van der Waals surface area contributed by atoms with E-state index >= 15 is 0 Å². The van der Waals surface area contributed by atoms with Crippen molar-refractivity contribution in [3.63, 3.8) is 0 Å². The molecule has 102 valence electrons. The molecule has 0 atom stereocenters. The highest BCUT2D eigenvalue weighted by molar-refractivity contribution is 5.19. The normalized spacial score (nSPS) is 11.8. The van der Waals surface area contributed by atoms with Crippen molar-refractivity contribution < 1.29 is 8.78 Å². The van der Waals surface area contributed by atoms with Gasteiger partial charge in [-0.25, -0.2) is 8.78 Å². The second-order valence-corrected chi connectivity index (χ2v) is 5.62. The molecule has 0 radical (unpaired) electrons. The van der Waals surface area contributed by atoms with Crippen LogP contribution in [0, 0.1) is 17.0 Å². The Kier molecular flexibility index (Phi) is 5.73. The van der Waals surface area contributed by atoms with Gasteiger partial charge >= 0.3 is 0 Å². The van der Waals surface area contributed by atoms with Crippen LogP contribution in [0.2, 0.25) is 0 Å². The third kappa shape index (κ3) is 5.58. The summed E-state index contributed by atoms with van der Waals surface area (Å²) in [6.45, 7) is 8.35. The van der Waals surface area contributed by atoms with Crippen molar-refractivity contribution in [3.8, 4) is 0 Å². The Morgan fingerprint density at radius 1 is 1.06 bits per heavy atom. The van der Waals surface area contributed by atoms with Gasteiger partial charge in [-0.2, -0.15) is 0 Å². The first-order valence-electron chi connectivity index (χ1n) is 6.58. The summed E-state index contributed by atoms with van der Waals surface area (Å²) in [4.78, 5) is 0. The van der Waals surface area contributed by atoms with E-state index in [-0.39, 0.29) is 5.41 Å². The molecule has 0 heterocycles. The molecule has 0 amide bonds. The van der Waals surface area contributed by atoms with E-state index in [1.807, 2.05) is 0 Å². The highest BCUT2D eigenvalue weighted by atomic mass is 19.1. The maximum absolute atomic E-state index is 13.1. The largest absolute Gasteiger partial charge is 0.317 e. The van der Waals surface area contributed by atoms with Gasteiger partial charge in [0.1, 0.15) is 11.6 Å². The minimum atomic E-state index is -0.495. The monoisotopic (exact) mass is 255 g/mol. The molecule has 18 heavy (non-hydrogen) atoms. The second kappa shape index (κ2) is 6.83. The van der Waals surface area contributed by atoms with Gasteiger partial charge in [0.2, 0.25) is 0 Å². The molecule has 1 nitrogen and oxygen atoms in total. The molecule has 0 unspecified atom stereocenters. The molecule has 0 aromatic heterocycles. The van der Waals surface area contributed by atoms with Gasteiger partial charge in [-0.3, -0.25) is 0 Å². The van der Waals surface area contributed by atoms with Gasteiger partial charge in [0.15, 0.2) is 0 Å². The molecule has 0 saturated carbocycles. The summed E-state index contributed by atoms with van der Waals surface area (Å²) >= 11 is 0. The van der Waals surface area contributed by atoms with Crippen LogP contribution in [0.5, 0.6) is 0 Å². The molecule has 1 N–H and O–H groups in total. The highest BCUT2D eigenvalue weighted by Crippen LogP contribution is 2.26. The van der Waals surface area contributed by atoms with Crippen LogP contribution in [0.3, 0.4) is 0 Å². The van der Waals surface area contributed by atoms with E-state index in [2.05, 4.69) is 26.1 Å². The van der Waals surface area contributed by atoms with Crippen LogP contribution < -0.4 is 5.32 Å². The van der Waals surface area contributed by atoms with Crippen LogP contribution in [0.25, 0.3) is 0 Å². The Bertz CT molecular complexity index is 355. The Morgan fingerprint density at radius 2 is 1.67 bits per heavy atom. The lowest BCUT2D eigenvalue weighted by atomic mass is 9.82. The number of hydrogen-bond donors (Lipinski definition) is 1. The average molecular weight is 255 g/mol. The Morgan fingerprint density at radius 3 is 2.22 bits per heavy atom. The first kappa shape index (κ1) is 15.1. The van der Waals surface area contributed by atoms with Crippen molar-refractivity contribution >= 4 is 0 Å². The lowest BCUT2D eigenvalue weighted by molar-refractivity contribution is 0.325. The van der Waals surface area contributed by atoms with Crippen LogP contribution >= 0.6 is 0 Å². The number of nitrogens with one attached hydrogen (secondary N) is 1. The summed E-state index contributed by atoms with van der Waals surface area (Å²) in [6.07, 6.45) is 2.80. The SMILES string of the molecule is CCCNCCC(C)(C)Cc1cc(F)cc(F)c1. The molecule has 1 rings (SSSR count). The molecule has 0 aliphatic heterocycles. The van der Waals surface area contributed by atoms with E-state index in [9.17, 15) is 8.78 Å². The molecule has 3 heteroatoms. The summed E-state index contributed by atoms with van der Waals surface area (Å²) in [7, 11) is 0. The summed E-state index contributed by atoms with van der Waals surface area (Å²) in [5.74, 6) is -0.991. The predicted molar refractivity (Wildman–Crippen MR) is 71.6 cm³/mol. The Labute approximate surface area is 109 Å². The van der Waals surface area contributed by atoms with Gasteiger partial charge < -0.3 is 5.32 Å². The van der Waals surface area contributed by atoms with E-state index < -0.39 is 11.6 Å². The maximum Gasteiger partial charge on any atom is 0.126 e. The van der Waals surface area contributed by atoms with Crippen molar-refractivity contribution in [2.45, 2.75) is 40.0 Å². The fraction of sp³-hybridized carbons (Fsp3) is 0.600. The van der Waals surface area contributed by atoms with Crippen LogP contribution in [0.4, 0.5) is 8.78 Å². The fourth-order valence-corrected chi connectivity index (χ4v) is 2.08. The van der Waals surface area contributed by atoms with E-state index in [1.54, 1.807) is 0 Å². The van der Waals surface area contributed by atoms with Crippen molar-refractivity contribution in [2.24, 2.45) is 5.41 Å². The van der Waals surface area contributed by atoms with Crippen molar-refractivity contribution in [2.75, 3.05) is 13.1 Å². The van der Waals surface area contributed by atoms with Gasteiger partial charge in [-0.15, -0.1) is 0 Å². The molecular formula is C15H23F2N. The van der Waals surface area contributed by atoms with Crippen LogP contribution in [0.15, 0.2) is 18.2 Å². The molecule has 1 aromatic rings. The zero-order chi connectivity index (χ0) is 13.6. The third-order valence-electron chi connectivity index (χ3n) is 3.01. The molecule has 0 saturated heterocycles. The number of halogens is 2. The number of hydrogen-bond acceptors (Lipinski definition) is 1. The van der Waals surface area contributed by atoms with Gasteiger partial charge in [0.25, 0.3) is 0 Å². The van der Waals surface area contributed by atoms with Crippen molar-refractivity contribution in [3.05, 3.63) is 35.4 Å². The Hall–Kier alpha value is -0.960. The van der Waals surface area contributed by atoms with Gasteiger partial charge in [0.05, 0.1) is 0 Å². The lowest BCUT2D eigenvalue weighted by Gasteiger charge is -2.25. The second-order valence-electron chi connectivity index (χ2n) is 5.62. The standard InChI is InChI=1S/C15H23F2N/c1-4-6-18-7-5-15(2,3)11-12-8-13(16)10-14(17)9-12/h8-10,18H,4-7,11H2,1-3H3. The van der Waals surface area contributed by atoms with Crippen LogP contribution in [-0.2, 0) is 6.42 Å². The quantitative estimate of drug-likeness (QED) is 0.728. The third-order valence-corrected chi connectivity index (χ3v) is 3.01. The summed E-state index contributed by atoms with van der Waals surface area (Å²) in [5.41, 5.74) is 0.772. The minimum absolute atomic E-state index is 0.0426.